The minimum absolute atomic E-state index is 0.0311. The molecular formula is C24H20F3N5O2S. The zero-order chi connectivity index (χ0) is 24.8. The number of alkyl halides is 3. The van der Waals surface area contributed by atoms with E-state index in [0.717, 1.165) is 28.8 Å². The lowest BCUT2D eigenvalue weighted by atomic mass is 9.87. The van der Waals surface area contributed by atoms with Crippen molar-refractivity contribution in [2.24, 2.45) is 7.05 Å². The second-order valence-corrected chi connectivity index (χ2v) is 9.95. The van der Waals surface area contributed by atoms with E-state index in [9.17, 15) is 21.6 Å². The minimum atomic E-state index is -4.47. The van der Waals surface area contributed by atoms with Gasteiger partial charge in [-0.1, -0.05) is 12.1 Å². The molecule has 180 valence electrons. The van der Waals surface area contributed by atoms with Crippen LogP contribution in [0.1, 0.15) is 34.6 Å². The Morgan fingerprint density at radius 3 is 2.43 bits per heavy atom. The molecule has 1 N–H and O–H groups in total. The summed E-state index contributed by atoms with van der Waals surface area (Å²) >= 11 is 0. The molecule has 0 fully saturated rings. The zero-order valence-corrected chi connectivity index (χ0v) is 19.3. The summed E-state index contributed by atoms with van der Waals surface area (Å²) in [5.41, 5.74) is 2.77. The second-order valence-electron chi connectivity index (χ2n) is 8.27. The van der Waals surface area contributed by atoms with Crippen molar-refractivity contribution < 1.29 is 21.6 Å². The highest BCUT2D eigenvalue weighted by atomic mass is 32.2. The van der Waals surface area contributed by atoms with Crippen LogP contribution in [-0.2, 0) is 29.7 Å². The third kappa shape index (κ3) is 4.39. The Morgan fingerprint density at radius 2 is 1.74 bits per heavy atom. The predicted octanol–water partition coefficient (Wildman–Crippen LogP) is 4.77. The van der Waals surface area contributed by atoms with E-state index in [1.165, 1.54) is 24.5 Å². The Bertz CT molecular complexity index is 1500. The van der Waals surface area contributed by atoms with Gasteiger partial charge in [-0.25, -0.2) is 23.1 Å². The van der Waals surface area contributed by atoms with Crippen molar-refractivity contribution in [1.82, 2.24) is 19.7 Å². The molecule has 4 aromatic rings. The van der Waals surface area contributed by atoms with Crippen molar-refractivity contribution in [2.75, 3.05) is 4.72 Å². The number of benzene rings is 2. The molecule has 5 rings (SSSR count). The van der Waals surface area contributed by atoms with Crippen molar-refractivity contribution in [3.05, 3.63) is 89.4 Å². The van der Waals surface area contributed by atoms with Crippen LogP contribution in [0.5, 0.6) is 0 Å². The lowest BCUT2D eigenvalue weighted by Gasteiger charge is -2.19. The quantitative estimate of drug-likeness (QED) is 0.427. The number of halogens is 3. The van der Waals surface area contributed by atoms with Gasteiger partial charge in [-0.2, -0.15) is 18.3 Å². The maximum atomic E-state index is 13.5. The largest absolute Gasteiger partial charge is 0.416 e. The van der Waals surface area contributed by atoms with Gasteiger partial charge in [0, 0.05) is 37.1 Å². The van der Waals surface area contributed by atoms with Crippen LogP contribution in [0.25, 0.3) is 11.3 Å². The van der Waals surface area contributed by atoms with Gasteiger partial charge in [0.1, 0.15) is 0 Å². The molecule has 0 saturated carbocycles. The monoisotopic (exact) mass is 499 g/mol. The topological polar surface area (TPSA) is 89.8 Å². The first-order valence-electron chi connectivity index (χ1n) is 10.8. The van der Waals surface area contributed by atoms with E-state index >= 15 is 0 Å². The molecule has 2 heterocycles. The zero-order valence-electron chi connectivity index (χ0n) is 18.5. The molecule has 0 aliphatic heterocycles. The number of hydrogen-bond donors (Lipinski definition) is 1. The van der Waals surface area contributed by atoms with Crippen LogP contribution in [0.4, 0.5) is 19.1 Å². The van der Waals surface area contributed by atoms with Gasteiger partial charge in [-0.3, -0.25) is 4.68 Å². The van der Waals surface area contributed by atoms with Gasteiger partial charge in [-0.15, -0.1) is 0 Å². The standard InChI is InChI=1S/C24H20F3N5O2S/c1-32-22(9-12-30-32)21-14-16(24(25,26)27)4-7-20(21)19-6-3-15-13-17(5-8-18(15)19)35(33,34)31-23-28-10-2-11-29-23/h2,4-5,7-14,19H,3,6H2,1H3,(H,28,29,31)/t19-/m0/s1. The number of sulfonamides is 1. The number of rotatable bonds is 5. The van der Waals surface area contributed by atoms with E-state index in [1.807, 2.05) is 0 Å². The summed E-state index contributed by atoms with van der Waals surface area (Å²) in [6, 6.07) is 11.9. The third-order valence-electron chi connectivity index (χ3n) is 6.15. The maximum absolute atomic E-state index is 13.5. The summed E-state index contributed by atoms with van der Waals surface area (Å²) in [6.07, 6.45) is 1.17. The van der Waals surface area contributed by atoms with Crippen LogP contribution in [0.2, 0.25) is 0 Å². The number of aromatic nitrogens is 4. The Morgan fingerprint density at radius 1 is 1.00 bits per heavy atom. The first kappa shape index (κ1) is 23.0. The molecule has 1 aliphatic carbocycles. The molecule has 1 aliphatic rings. The van der Waals surface area contributed by atoms with Crippen molar-refractivity contribution in [3.63, 3.8) is 0 Å². The summed E-state index contributed by atoms with van der Waals surface area (Å²) in [5.74, 6) is -0.212. The number of nitrogens with zero attached hydrogens (tertiary/aromatic N) is 4. The van der Waals surface area contributed by atoms with Crippen molar-refractivity contribution in [2.45, 2.75) is 29.8 Å². The molecule has 0 amide bonds. The van der Waals surface area contributed by atoms with E-state index in [2.05, 4.69) is 19.8 Å². The van der Waals surface area contributed by atoms with Gasteiger partial charge < -0.3 is 0 Å². The third-order valence-corrected chi connectivity index (χ3v) is 7.47. The summed E-state index contributed by atoms with van der Waals surface area (Å²) in [4.78, 5) is 7.85. The van der Waals surface area contributed by atoms with Gasteiger partial charge in [0.2, 0.25) is 5.95 Å². The molecule has 0 spiro atoms. The number of hydrogen-bond acceptors (Lipinski definition) is 5. The predicted molar refractivity (Wildman–Crippen MR) is 123 cm³/mol. The molecule has 0 unspecified atom stereocenters. The number of anilines is 1. The average Bonchev–Trinajstić information content (AvgIpc) is 3.44. The van der Waals surface area contributed by atoms with Crippen LogP contribution < -0.4 is 4.72 Å². The number of nitrogens with one attached hydrogen (secondary N) is 1. The van der Waals surface area contributed by atoms with Crippen molar-refractivity contribution >= 4 is 16.0 Å². The Balaban J connectivity index is 1.53. The lowest BCUT2D eigenvalue weighted by Crippen LogP contribution is -2.15. The fraction of sp³-hybridized carbons (Fsp3) is 0.208. The summed E-state index contributed by atoms with van der Waals surface area (Å²) < 4.78 is 70.0. The highest BCUT2D eigenvalue weighted by Crippen LogP contribution is 2.44. The highest BCUT2D eigenvalue weighted by molar-refractivity contribution is 7.92. The van der Waals surface area contributed by atoms with Gasteiger partial charge in [-0.05, 0) is 65.9 Å². The molecule has 11 heteroatoms. The molecule has 2 aromatic heterocycles. The van der Waals surface area contributed by atoms with E-state index in [1.54, 1.807) is 42.2 Å². The van der Waals surface area contributed by atoms with Crippen LogP contribution in [0.3, 0.4) is 0 Å². The minimum Gasteiger partial charge on any atom is -0.268 e. The molecule has 0 saturated heterocycles. The smallest absolute Gasteiger partial charge is 0.268 e. The first-order chi connectivity index (χ1) is 16.6. The van der Waals surface area contributed by atoms with Crippen LogP contribution in [0, 0.1) is 0 Å². The molecular weight excluding hydrogens is 479 g/mol. The van der Waals surface area contributed by atoms with E-state index in [4.69, 9.17) is 0 Å². The lowest BCUT2D eigenvalue weighted by molar-refractivity contribution is -0.137. The Labute approximate surface area is 199 Å². The average molecular weight is 500 g/mol. The van der Waals surface area contributed by atoms with Crippen LogP contribution >= 0.6 is 0 Å². The van der Waals surface area contributed by atoms with E-state index < -0.39 is 21.8 Å². The molecule has 2 aromatic carbocycles. The highest BCUT2D eigenvalue weighted by Gasteiger charge is 2.34. The van der Waals surface area contributed by atoms with Gasteiger partial charge in [0.25, 0.3) is 10.0 Å². The van der Waals surface area contributed by atoms with Gasteiger partial charge in [0.15, 0.2) is 0 Å². The number of aryl methyl sites for hydroxylation is 2. The number of fused-ring (bicyclic) bond motifs is 1. The van der Waals surface area contributed by atoms with E-state index in [-0.39, 0.29) is 16.8 Å². The fourth-order valence-electron chi connectivity index (χ4n) is 4.51. The van der Waals surface area contributed by atoms with Crippen molar-refractivity contribution in [1.29, 1.82) is 0 Å². The molecule has 1 atom stereocenters. The fourth-order valence-corrected chi connectivity index (χ4v) is 5.52. The Kier molecular flexibility index (Phi) is 5.59. The molecule has 35 heavy (non-hydrogen) atoms. The first-order valence-corrected chi connectivity index (χ1v) is 12.2. The van der Waals surface area contributed by atoms with Crippen molar-refractivity contribution in [3.8, 4) is 11.3 Å². The normalized spacial score (nSPS) is 15.7. The van der Waals surface area contributed by atoms with Gasteiger partial charge >= 0.3 is 6.18 Å². The summed E-state index contributed by atoms with van der Waals surface area (Å²) in [7, 11) is -2.22. The molecule has 7 nitrogen and oxygen atoms in total. The van der Waals surface area contributed by atoms with Crippen LogP contribution in [0.15, 0.2) is 72.0 Å². The van der Waals surface area contributed by atoms with Crippen LogP contribution in [-0.4, -0.2) is 28.2 Å². The SMILES string of the molecule is Cn1nccc1-c1cc(C(F)(F)F)ccc1[C@H]1CCc2cc(S(=O)(=O)Nc3ncccn3)ccc21. The molecule has 0 bridgehead atoms. The van der Waals surface area contributed by atoms with Gasteiger partial charge in [0.05, 0.1) is 16.2 Å². The summed E-state index contributed by atoms with van der Waals surface area (Å²) in [6.45, 7) is 0. The Hall–Kier alpha value is -3.73. The molecule has 0 radical (unpaired) electrons. The summed E-state index contributed by atoms with van der Waals surface area (Å²) in [5, 5.41) is 4.12. The second kappa shape index (κ2) is 8.49. The van der Waals surface area contributed by atoms with E-state index in [0.29, 0.717) is 24.1 Å². The maximum Gasteiger partial charge on any atom is 0.416 e.